The zero-order chi connectivity index (χ0) is 20.2. The van der Waals surface area contributed by atoms with Crippen molar-refractivity contribution in [1.29, 1.82) is 0 Å². The molecular weight excluding hydrogens is 362 g/mol. The van der Waals surface area contributed by atoms with Crippen LogP contribution in [0.1, 0.15) is 11.3 Å². The SMILES string of the molecule is COc1ccccc1N1CCN(c2nc(C)cc(Nc3ccc(C)cc3)n2)CC1. The molecule has 0 amide bonds. The van der Waals surface area contributed by atoms with Crippen LogP contribution in [0.15, 0.2) is 54.6 Å². The molecule has 29 heavy (non-hydrogen) atoms. The Hall–Kier alpha value is -3.28. The molecule has 0 unspecified atom stereocenters. The molecule has 1 saturated heterocycles. The maximum Gasteiger partial charge on any atom is 0.227 e. The number of methoxy groups -OCH3 is 1. The van der Waals surface area contributed by atoms with E-state index in [2.05, 4.69) is 63.4 Å². The summed E-state index contributed by atoms with van der Waals surface area (Å²) in [5.41, 5.74) is 4.36. The highest BCUT2D eigenvalue weighted by atomic mass is 16.5. The number of nitrogens with zero attached hydrogens (tertiary/aromatic N) is 4. The van der Waals surface area contributed by atoms with Crippen molar-refractivity contribution in [2.75, 3.05) is 48.4 Å². The fraction of sp³-hybridized carbons (Fsp3) is 0.304. The van der Waals surface area contributed by atoms with Crippen LogP contribution in [-0.2, 0) is 0 Å². The number of piperazine rings is 1. The maximum absolute atomic E-state index is 5.52. The Balaban J connectivity index is 1.47. The van der Waals surface area contributed by atoms with Crippen molar-refractivity contribution in [3.05, 3.63) is 65.9 Å². The minimum Gasteiger partial charge on any atom is -0.495 e. The van der Waals surface area contributed by atoms with E-state index in [-0.39, 0.29) is 0 Å². The molecule has 6 nitrogen and oxygen atoms in total. The predicted molar refractivity (Wildman–Crippen MR) is 119 cm³/mol. The van der Waals surface area contributed by atoms with Gasteiger partial charge in [0, 0.05) is 43.6 Å². The number of aryl methyl sites for hydroxylation is 2. The van der Waals surface area contributed by atoms with Crippen LogP contribution in [0.25, 0.3) is 0 Å². The molecule has 150 valence electrons. The molecule has 0 aliphatic carbocycles. The molecule has 1 aliphatic heterocycles. The van der Waals surface area contributed by atoms with Crippen LogP contribution in [0, 0.1) is 13.8 Å². The number of para-hydroxylation sites is 2. The molecule has 1 N–H and O–H groups in total. The van der Waals surface area contributed by atoms with Crippen molar-refractivity contribution >= 4 is 23.1 Å². The van der Waals surface area contributed by atoms with Crippen LogP contribution in [0.4, 0.5) is 23.1 Å². The molecule has 0 saturated carbocycles. The molecule has 0 radical (unpaired) electrons. The van der Waals surface area contributed by atoms with Crippen molar-refractivity contribution < 1.29 is 4.74 Å². The van der Waals surface area contributed by atoms with Gasteiger partial charge in [-0.3, -0.25) is 0 Å². The average Bonchev–Trinajstić information content (AvgIpc) is 2.75. The first-order valence-electron chi connectivity index (χ1n) is 9.94. The van der Waals surface area contributed by atoms with Gasteiger partial charge in [0.05, 0.1) is 12.8 Å². The van der Waals surface area contributed by atoms with Crippen LogP contribution in [0.5, 0.6) is 5.75 Å². The van der Waals surface area contributed by atoms with Crippen molar-refractivity contribution in [1.82, 2.24) is 9.97 Å². The van der Waals surface area contributed by atoms with Crippen molar-refractivity contribution in [2.45, 2.75) is 13.8 Å². The molecule has 4 rings (SSSR count). The highest BCUT2D eigenvalue weighted by Crippen LogP contribution is 2.29. The summed E-state index contributed by atoms with van der Waals surface area (Å²) in [5, 5.41) is 3.40. The number of hydrogen-bond donors (Lipinski definition) is 1. The summed E-state index contributed by atoms with van der Waals surface area (Å²) < 4.78 is 5.52. The van der Waals surface area contributed by atoms with Gasteiger partial charge in [0.1, 0.15) is 11.6 Å². The molecule has 6 heteroatoms. The molecular formula is C23H27N5O. The average molecular weight is 390 g/mol. The van der Waals surface area contributed by atoms with Gasteiger partial charge in [0.15, 0.2) is 0 Å². The van der Waals surface area contributed by atoms with Crippen LogP contribution in [-0.4, -0.2) is 43.3 Å². The fourth-order valence-electron chi connectivity index (χ4n) is 3.58. The van der Waals surface area contributed by atoms with Crippen molar-refractivity contribution in [2.24, 2.45) is 0 Å². The quantitative estimate of drug-likeness (QED) is 0.707. The van der Waals surface area contributed by atoms with Gasteiger partial charge in [0.25, 0.3) is 0 Å². The zero-order valence-corrected chi connectivity index (χ0v) is 17.2. The Morgan fingerprint density at radius 2 is 1.55 bits per heavy atom. The Bertz CT molecular complexity index is 965. The third-order valence-corrected chi connectivity index (χ3v) is 5.15. The zero-order valence-electron chi connectivity index (χ0n) is 17.2. The van der Waals surface area contributed by atoms with E-state index < -0.39 is 0 Å². The van der Waals surface area contributed by atoms with Gasteiger partial charge in [-0.25, -0.2) is 4.98 Å². The number of anilines is 4. The summed E-state index contributed by atoms with van der Waals surface area (Å²) >= 11 is 0. The molecule has 1 aromatic heterocycles. The van der Waals surface area contributed by atoms with Gasteiger partial charge in [0.2, 0.25) is 5.95 Å². The molecule has 1 fully saturated rings. The summed E-state index contributed by atoms with van der Waals surface area (Å²) in [7, 11) is 1.72. The monoisotopic (exact) mass is 389 g/mol. The van der Waals surface area contributed by atoms with E-state index in [0.717, 1.165) is 60.8 Å². The third kappa shape index (κ3) is 4.42. The summed E-state index contributed by atoms with van der Waals surface area (Å²) in [6.07, 6.45) is 0. The van der Waals surface area contributed by atoms with Gasteiger partial charge >= 0.3 is 0 Å². The molecule has 0 bridgehead atoms. The Kier molecular flexibility index (Phi) is 5.51. The second kappa shape index (κ2) is 8.39. The number of rotatable bonds is 5. The summed E-state index contributed by atoms with van der Waals surface area (Å²) in [5.74, 6) is 2.51. The minimum absolute atomic E-state index is 0.777. The Morgan fingerprint density at radius 1 is 0.862 bits per heavy atom. The van der Waals surface area contributed by atoms with E-state index in [1.54, 1.807) is 7.11 Å². The fourth-order valence-corrected chi connectivity index (χ4v) is 3.58. The number of ether oxygens (including phenoxy) is 1. The largest absolute Gasteiger partial charge is 0.495 e. The smallest absolute Gasteiger partial charge is 0.227 e. The summed E-state index contributed by atoms with van der Waals surface area (Å²) in [6, 6.07) is 18.5. The van der Waals surface area contributed by atoms with E-state index in [1.165, 1.54) is 5.56 Å². The van der Waals surface area contributed by atoms with E-state index >= 15 is 0 Å². The lowest BCUT2D eigenvalue weighted by molar-refractivity contribution is 0.413. The number of benzene rings is 2. The van der Waals surface area contributed by atoms with Gasteiger partial charge in [-0.15, -0.1) is 0 Å². The molecule has 2 aromatic carbocycles. The number of nitrogens with one attached hydrogen (secondary N) is 1. The van der Waals surface area contributed by atoms with E-state index in [4.69, 9.17) is 9.72 Å². The second-order valence-corrected chi connectivity index (χ2v) is 7.33. The van der Waals surface area contributed by atoms with E-state index in [0.29, 0.717) is 0 Å². The normalized spacial score (nSPS) is 14.0. The lowest BCUT2D eigenvalue weighted by atomic mass is 10.2. The molecule has 3 aromatic rings. The molecule has 2 heterocycles. The Morgan fingerprint density at radius 3 is 2.28 bits per heavy atom. The first kappa shape index (κ1) is 19.1. The first-order valence-corrected chi connectivity index (χ1v) is 9.94. The van der Waals surface area contributed by atoms with Crippen molar-refractivity contribution in [3.8, 4) is 5.75 Å². The lowest BCUT2D eigenvalue weighted by Crippen LogP contribution is -2.47. The van der Waals surface area contributed by atoms with Crippen LogP contribution in [0.2, 0.25) is 0 Å². The lowest BCUT2D eigenvalue weighted by Gasteiger charge is -2.36. The first-order chi connectivity index (χ1) is 14.1. The topological polar surface area (TPSA) is 53.5 Å². The summed E-state index contributed by atoms with van der Waals surface area (Å²) in [6.45, 7) is 7.63. The van der Waals surface area contributed by atoms with Crippen molar-refractivity contribution in [3.63, 3.8) is 0 Å². The predicted octanol–water partition coefficient (Wildman–Crippen LogP) is 4.17. The molecule has 1 aliphatic rings. The second-order valence-electron chi connectivity index (χ2n) is 7.33. The highest BCUT2D eigenvalue weighted by Gasteiger charge is 2.21. The summed E-state index contributed by atoms with van der Waals surface area (Å²) in [4.78, 5) is 14.1. The van der Waals surface area contributed by atoms with Crippen LogP contribution < -0.4 is 19.9 Å². The minimum atomic E-state index is 0.777. The van der Waals surface area contributed by atoms with E-state index in [9.17, 15) is 0 Å². The molecule has 0 atom stereocenters. The van der Waals surface area contributed by atoms with E-state index in [1.807, 2.05) is 25.1 Å². The van der Waals surface area contributed by atoms with Crippen LogP contribution in [0.3, 0.4) is 0 Å². The third-order valence-electron chi connectivity index (χ3n) is 5.15. The van der Waals surface area contributed by atoms with Gasteiger partial charge < -0.3 is 19.9 Å². The van der Waals surface area contributed by atoms with Crippen LogP contribution >= 0.6 is 0 Å². The molecule has 0 spiro atoms. The van der Waals surface area contributed by atoms with Gasteiger partial charge in [-0.2, -0.15) is 4.98 Å². The standard InChI is InChI=1S/C23H27N5O/c1-17-8-10-19(11-9-17)25-22-16-18(2)24-23(26-22)28-14-12-27(13-15-28)20-6-4-5-7-21(20)29-3/h4-11,16H,12-15H2,1-3H3,(H,24,25,26). The maximum atomic E-state index is 5.52. The highest BCUT2D eigenvalue weighted by molar-refractivity contribution is 5.60. The van der Waals surface area contributed by atoms with Gasteiger partial charge in [-0.1, -0.05) is 29.8 Å². The Labute approximate surface area is 172 Å². The van der Waals surface area contributed by atoms with Gasteiger partial charge in [-0.05, 0) is 38.1 Å². The number of hydrogen-bond acceptors (Lipinski definition) is 6. The number of aromatic nitrogens is 2.